The Kier molecular flexibility index (Phi) is 4.70. The van der Waals surface area contributed by atoms with Gasteiger partial charge in [-0.05, 0) is 24.3 Å². The van der Waals surface area contributed by atoms with Crippen LogP contribution in [0.3, 0.4) is 0 Å². The topological polar surface area (TPSA) is 0 Å². The summed E-state index contributed by atoms with van der Waals surface area (Å²) in [6, 6.07) is 0. The van der Waals surface area contributed by atoms with Gasteiger partial charge in [0.05, 0.1) is 0 Å². The first-order valence-electron chi connectivity index (χ1n) is 3.74. The Morgan fingerprint density at radius 2 is 2.20 bits per heavy atom. The third-order valence-corrected chi connectivity index (χ3v) is 1.85. The van der Waals surface area contributed by atoms with Crippen molar-refractivity contribution < 1.29 is 0 Å². The van der Waals surface area contributed by atoms with Crippen molar-refractivity contribution >= 4 is 0 Å². The molecule has 0 heterocycles. The molecule has 10 heavy (non-hydrogen) atoms. The Labute approximate surface area is 64.0 Å². The molecule has 0 saturated carbocycles. The SMILES string of the molecule is C=C=CC(CC)C(C)C=C. The normalized spacial score (nSPS) is 15.0. The van der Waals surface area contributed by atoms with E-state index in [0.29, 0.717) is 11.8 Å². The number of rotatable bonds is 4. The molecule has 0 aliphatic heterocycles. The van der Waals surface area contributed by atoms with Crippen LogP contribution in [0.1, 0.15) is 20.3 Å². The van der Waals surface area contributed by atoms with Crippen molar-refractivity contribution in [2.75, 3.05) is 0 Å². The van der Waals surface area contributed by atoms with Crippen molar-refractivity contribution in [3.05, 3.63) is 31.0 Å². The summed E-state index contributed by atoms with van der Waals surface area (Å²) >= 11 is 0. The fourth-order valence-corrected chi connectivity index (χ4v) is 0.968. The van der Waals surface area contributed by atoms with E-state index in [2.05, 4.69) is 32.7 Å². The van der Waals surface area contributed by atoms with Crippen LogP contribution in [0.25, 0.3) is 0 Å². The lowest BCUT2D eigenvalue weighted by Gasteiger charge is -2.13. The molecule has 0 nitrogen and oxygen atoms in total. The van der Waals surface area contributed by atoms with Crippen molar-refractivity contribution in [1.82, 2.24) is 0 Å². The van der Waals surface area contributed by atoms with Gasteiger partial charge in [0.25, 0.3) is 0 Å². The third-order valence-electron chi connectivity index (χ3n) is 1.85. The Hall–Kier alpha value is -0.740. The third kappa shape index (κ3) is 2.70. The lowest BCUT2D eigenvalue weighted by Crippen LogP contribution is -2.03. The fraction of sp³-hybridized carbons (Fsp3) is 0.500. The van der Waals surface area contributed by atoms with E-state index in [9.17, 15) is 0 Å². The molecule has 2 unspecified atom stereocenters. The van der Waals surface area contributed by atoms with Crippen molar-refractivity contribution in [3.63, 3.8) is 0 Å². The van der Waals surface area contributed by atoms with Crippen LogP contribution in [0.2, 0.25) is 0 Å². The average molecular weight is 136 g/mol. The van der Waals surface area contributed by atoms with Crippen LogP contribution in [0.4, 0.5) is 0 Å². The highest BCUT2D eigenvalue weighted by atomic mass is 14.1. The highest BCUT2D eigenvalue weighted by molar-refractivity contribution is 4.92. The molecule has 0 aromatic heterocycles. The summed E-state index contributed by atoms with van der Waals surface area (Å²) in [6.07, 6.45) is 5.13. The molecule has 2 atom stereocenters. The molecule has 0 aliphatic rings. The van der Waals surface area contributed by atoms with Gasteiger partial charge in [0.2, 0.25) is 0 Å². The minimum atomic E-state index is 0.541. The maximum Gasteiger partial charge on any atom is -0.0100 e. The van der Waals surface area contributed by atoms with Crippen molar-refractivity contribution in [2.24, 2.45) is 11.8 Å². The van der Waals surface area contributed by atoms with E-state index in [1.807, 2.05) is 12.2 Å². The Balaban J connectivity index is 4.04. The minimum Gasteiger partial charge on any atom is -0.133 e. The second-order valence-corrected chi connectivity index (χ2v) is 2.54. The molecule has 56 valence electrons. The van der Waals surface area contributed by atoms with Crippen LogP contribution >= 0.6 is 0 Å². The Morgan fingerprint density at radius 3 is 2.50 bits per heavy atom. The summed E-state index contributed by atoms with van der Waals surface area (Å²) in [7, 11) is 0. The molecular formula is C10H16. The van der Waals surface area contributed by atoms with Gasteiger partial charge in [-0.25, -0.2) is 0 Å². The van der Waals surface area contributed by atoms with Gasteiger partial charge in [-0.2, -0.15) is 0 Å². The number of hydrogen-bond acceptors (Lipinski definition) is 0. The van der Waals surface area contributed by atoms with Gasteiger partial charge < -0.3 is 0 Å². The van der Waals surface area contributed by atoms with Gasteiger partial charge in [0, 0.05) is 0 Å². The van der Waals surface area contributed by atoms with E-state index in [-0.39, 0.29) is 0 Å². The second-order valence-electron chi connectivity index (χ2n) is 2.54. The molecule has 0 saturated heterocycles. The molecule has 0 aliphatic carbocycles. The smallest absolute Gasteiger partial charge is 0.0100 e. The zero-order valence-corrected chi connectivity index (χ0v) is 6.93. The lowest BCUT2D eigenvalue weighted by atomic mass is 9.92. The maximum absolute atomic E-state index is 3.74. The molecule has 0 spiro atoms. The number of hydrogen-bond donors (Lipinski definition) is 0. The van der Waals surface area contributed by atoms with Crippen LogP contribution < -0.4 is 0 Å². The Bertz CT molecular complexity index is 138. The predicted molar refractivity (Wildman–Crippen MR) is 46.9 cm³/mol. The van der Waals surface area contributed by atoms with Gasteiger partial charge in [-0.1, -0.05) is 26.5 Å². The summed E-state index contributed by atoms with van der Waals surface area (Å²) in [4.78, 5) is 0. The first-order valence-corrected chi connectivity index (χ1v) is 3.74. The maximum atomic E-state index is 3.74. The fourth-order valence-electron chi connectivity index (χ4n) is 0.968. The molecule has 0 N–H and O–H groups in total. The highest BCUT2D eigenvalue weighted by Crippen LogP contribution is 2.16. The molecule has 0 rings (SSSR count). The minimum absolute atomic E-state index is 0.541. The average Bonchev–Trinajstić information content (AvgIpc) is 1.99. The van der Waals surface area contributed by atoms with Crippen LogP contribution in [-0.2, 0) is 0 Å². The molecule has 0 aromatic rings. The molecule has 0 bridgehead atoms. The zero-order chi connectivity index (χ0) is 7.98. The highest BCUT2D eigenvalue weighted by Gasteiger charge is 2.07. The van der Waals surface area contributed by atoms with E-state index in [1.54, 1.807) is 0 Å². The van der Waals surface area contributed by atoms with Gasteiger partial charge in [0.15, 0.2) is 0 Å². The molecular weight excluding hydrogens is 120 g/mol. The molecule has 0 heteroatoms. The first-order chi connectivity index (χ1) is 4.76. The second kappa shape index (κ2) is 5.08. The summed E-state index contributed by atoms with van der Waals surface area (Å²) in [5.41, 5.74) is 2.81. The largest absolute Gasteiger partial charge is 0.133 e. The summed E-state index contributed by atoms with van der Waals surface area (Å²) in [5, 5.41) is 0. The first kappa shape index (κ1) is 9.26. The van der Waals surface area contributed by atoms with E-state index < -0.39 is 0 Å². The summed E-state index contributed by atoms with van der Waals surface area (Å²) in [5.74, 6) is 1.11. The van der Waals surface area contributed by atoms with Gasteiger partial charge in [-0.15, -0.1) is 12.3 Å². The van der Waals surface area contributed by atoms with Crippen LogP contribution in [-0.4, -0.2) is 0 Å². The van der Waals surface area contributed by atoms with Gasteiger partial charge in [0.1, 0.15) is 0 Å². The van der Waals surface area contributed by atoms with Crippen LogP contribution in [0.15, 0.2) is 31.0 Å². The van der Waals surface area contributed by atoms with E-state index >= 15 is 0 Å². The monoisotopic (exact) mass is 136 g/mol. The standard InChI is InChI=1S/C10H16/c1-5-8-10(7-3)9(4)6-2/h6,8-10H,1-2,7H2,3-4H3. The molecule has 0 aromatic carbocycles. The number of allylic oxidation sites excluding steroid dienone is 2. The van der Waals surface area contributed by atoms with E-state index in [1.165, 1.54) is 0 Å². The zero-order valence-electron chi connectivity index (χ0n) is 6.93. The van der Waals surface area contributed by atoms with Crippen molar-refractivity contribution in [2.45, 2.75) is 20.3 Å². The van der Waals surface area contributed by atoms with E-state index in [0.717, 1.165) is 6.42 Å². The Morgan fingerprint density at radius 1 is 1.60 bits per heavy atom. The quantitative estimate of drug-likeness (QED) is 0.411. The van der Waals surface area contributed by atoms with Gasteiger partial charge >= 0.3 is 0 Å². The lowest BCUT2D eigenvalue weighted by molar-refractivity contribution is 0.498. The van der Waals surface area contributed by atoms with Gasteiger partial charge in [-0.3, -0.25) is 0 Å². The van der Waals surface area contributed by atoms with Crippen LogP contribution in [0, 0.1) is 11.8 Å². The summed E-state index contributed by atoms with van der Waals surface area (Å²) in [6.45, 7) is 11.6. The van der Waals surface area contributed by atoms with Crippen molar-refractivity contribution in [1.29, 1.82) is 0 Å². The predicted octanol–water partition coefficient (Wildman–Crippen LogP) is 3.18. The molecule has 0 fully saturated rings. The summed E-state index contributed by atoms with van der Waals surface area (Å²) < 4.78 is 0. The molecule has 0 radical (unpaired) electrons. The van der Waals surface area contributed by atoms with Crippen LogP contribution in [0.5, 0.6) is 0 Å². The van der Waals surface area contributed by atoms with E-state index in [4.69, 9.17) is 0 Å². The molecule has 0 amide bonds. The van der Waals surface area contributed by atoms with Crippen molar-refractivity contribution in [3.8, 4) is 0 Å².